The highest BCUT2D eigenvalue weighted by Gasteiger charge is 2.30. The van der Waals surface area contributed by atoms with Gasteiger partial charge < -0.3 is 20.6 Å². The molecule has 0 amide bonds. The lowest BCUT2D eigenvalue weighted by Crippen LogP contribution is -2.41. The summed E-state index contributed by atoms with van der Waals surface area (Å²) in [7, 11) is 0. The Morgan fingerprint density at radius 1 is 1.33 bits per heavy atom. The van der Waals surface area contributed by atoms with E-state index in [1.54, 1.807) is 0 Å². The molecule has 0 bridgehead atoms. The van der Waals surface area contributed by atoms with Crippen molar-refractivity contribution in [1.29, 1.82) is 0 Å². The first-order valence-electron chi connectivity index (χ1n) is 6.39. The average molecular weight is 316 g/mol. The molecule has 1 aliphatic heterocycles. The zero-order valence-corrected chi connectivity index (χ0v) is 12.3. The van der Waals surface area contributed by atoms with Gasteiger partial charge in [-0.25, -0.2) is 9.59 Å². The fourth-order valence-corrected chi connectivity index (χ4v) is 2.29. The predicted molar refractivity (Wildman–Crippen MR) is 77.3 cm³/mol. The number of rotatable bonds is 1. The molecule has 1 fully saturated rings. The van der Waals surface area contributed by atoms with Crippen molar-refractivity contribution in [2.45, 2.75) is 31.4 Å². The van der Waals surface area contributed by atoms with Gasteiger partial charge in [0.05, 0.1) is 5.60 Å². The van der Waals surface area contributed by atoms with E-state index in [2.05, 4.69) is 5.32 Å². The summed E-state index contributed by atoms with van der Waals surface area (Å²) in [6.45, 7) is 2.75. The van der Waals surface area contributed by atoms with E-state index in [0.717, 1.165) is 30.0 Å². The van der Waals surface area contributed by atoms with Crippen LogP contribution in [0.3, 0.4) is 0 Å². The molecule has 1 heterocycles. The monoisotopic (exact) mass is 315 g/mol. The van der Waals surface area contributed by atoms with Crippen molar-refractivity contribution in [3.05, 3.63) is 34.9 Å². The number of carboxylic acid groups (broad SMARTS) is 2. The summed E-state index contributed by atoms with van der Waals surface area (Å²) in [5.41, 5.74) is 0.598. The molecule has 1 saturated heterocycles. The van der Waals surface area contributed by atoms with Gasteiger partial charge in [0.1, 0.15) is 0 Å². The van der Waals surface area contributed by atoms with E-state index in [-0.39, 0.29) is 6.04 Å². The van der Waals surface area contributed by atoms with Crippen molar-refractivity contribution < 1.29 is 24.9 Å². The van der Waals surface area contributed by atoms with Gasteiger partial charge in [0.2, 0.25) is 0 Å². The van der Waals surface area contributed by atoms with E-state index < -0.39 is 17.5 Å². The normalized spacial score (nSPS) is 24.6. The van der Waals surface area contributed by atoms with Gasteiger partial charge >= 0.3 is 11.9 Å². The van der Waals surface area contributed by atoms with Crippen molar-refractivity contribution in [3.63, 3.8) is 0 Å². The highest BCUT2D eigenvalue weighted by molar-refractivity contribution is 6.30. The number of nitrogens with one attached hydrogen (secondary N) is 1. The third-order valence-corrected chi connectivity index (χ3v) is 3.37. The number of hydrogen-bond donors (Lipinski definition) is 4. The lowest BCUT2D eigenvalue weighted by atomic mass is 9.86. The number of aliphatic carboxylic acids is 2. The third-order valence-electron chi connectivity index (χ3n) is 3.13. The fourth-order valence-electron chi connectivity index (χ4n) is 2.09. The Kier molecular flexibility index (Phi) is 6.14. The maximum absolute atomic E-state index is 10.0. The Balaban J connectivity index is 0.000000315. The summed E-state index contributed by atoms with van der Waals surface area (Å²) in [5, 5.41) is 28.9. The molecule has 0 saturated carbocycles. The lowest BCUT2D eigenvalue weighted by Gasteiger charge is -2.35. The minimum absolute atomic E-state index is 0.215. The summed E-state index contributed by atoms with van der Waals surface area (Å²) < 4.78 is 0. The largest absolute Gasteiger partial charge is 0.473 e. The van der Waals surface area contributed by atoms with Gasteiger partial charge in [-0.15, -0.1) is 0 Å². The average Bonchev–Trinajstić information content (AvgIpc) is 2.38. The standard InChI is InChI=1S/C12H16ClNO.C2H2O4/c1-12(15)5-6-14-11(8-12)9-3-2-4-10(13)7-9;3-1(4)2(5)6/h2-4,7,11,14-15H,5-6,8H2,1H3;(H,3,4)(H,5,6)/t11-,12+;/m1./s1. The van der Waals surface area contributed by atoms with E-state index in [0.29, 0.717) is 0 Å². The van der Waals surface area contributed by atoms with Crippen LogP contribution in [-0.4, -0.2) is 39.4 Å². The van der Waals surface area contributed by atoms with Crippen molar-refractivity contribution in [3.8, 4) is 0 Å². The van der Waals surface area contributed by atoms with Crippen LogP contribution < -0.4 is 5.32 Å². The SMILES string of the molecule is C[C@]1(O)CCN[C@@H](c2cccc(Cl)c2)C1.O=C(O)C(=O)O. The van der Waals surface area contributed by atoms with Gasteiger partial charge in [-0.3, -0.25) is 0 Å². The number of benzene rings is 1. The van der Waals surface area contributed by atoms with Crippen LogP contribution in [0.4, 0.5) is 0 Å². The topological polar surface area (TPSA) is 107 Å². The van der Waals surface area contributed by atoms with Crippen LogP contribution in [0, 0.1) is 0 Å². The molecular formula is C14H18ClNO5. The zero-order chi connectivity index (χ0) is 16.0. The minimum atomic E-state index is -1.82. The second-order valence-electron chi connectivity index (χ2n) is 5.12. The van der Waals surface area contributed by atoms with E-state index in [4.69, 9.17) is 31.4 Å². The number of carboxylic acids is 2. The molecule has 2 atom stereocenters. The molecule has 0 aromatic heterocycles. The predicted octanol–water partition coefficient (Wildman–Crippen LogP) is 1.67. The first-order valence-corrected chi connectivity index (χ1v) is 6.76. The molecular weight excluding hydrogens is 298 g/mol. The number of carbonyl (C=O) groups is 2. The van der Waals surface area contributed by atoms with Crippen molar-refractivity contribution in [2.75, 3.05) is 6.54 Å². The number of hydrogen-bond acceptors (Lipinski definition) is 4. The molecule has 1 aromatic rings. The molecule has 1 aromatic carbocycles. The molecule has 116 valence electrons. The van der Waals surface area contributed by atoms with E-state index >= 15 is 0 Å². The number of piperidine rings is 1. The van der Waals surface area contributed by atoms with Crippen molar-refractivity contribution in [2.24, 2.45) is 0 Å². The van der Waals surface area contributed by atoms with E-state index in [1.165, 1.54) is 0 Å². The maximum Gasteiger partial charge on any atom is 0.414 e. The zero-order valence-electron chi connectivity index (χ0n) is 11.5. The van der Waals surface area contributed by atoms with Gasteiger partial charge in [-0.05, 0) is 44.0 Å². The Hall–Kier alpha value is -1.63. The summed E-state index contributed by atoms with van der Waals surface area (Å²) in [5.74, 6) is -3.65. The highest BCUT2D eigenvalue weighted by Crippen LogP contribution is 2.30. The maximum atomic E-state index is 10.0. The first-order chi connectivity index (χ1) is 9.71. The fraction of sp³-hybridized carbons (Fsp3) is 0.429. The quantitative estimate of drug-likeness (QED) is 0.587. The van der Waals surface area contributed by atoms with Crippen LogP contribution in [0.15, 0.2) is 24.3 Å². The molecule has 0 aliphatic carbocycles. The minimum Gasteiger partial charge on any atom is -0.473 e. The van der Waals surface area contributed by atoms with Crippen LogP contribution in [0.5, 0.6) is 0 Å². The molecule has 6 nitrogen and oxygen atoms in total. The van der Waals surface area contributed by atoms with E-state index in [1.807, 2.05) is 31.2 Å². The van der Waals surface area contributed by atoms with Crippen molar-refractivity contribution >= 4 is 23.5 Å². The molecule has 1 aliphatic rings. The number of aliphatic hydroxyl groups is 1. The van der Waals surface area contributed by atoms with Crippen LogP contribution in [0.1, 0.15) is 31.4 Å². The van der Waals surface area contributed by atoms with Crippen LogP contribution in [-0.2, 0) is 9.59 Å². The second-order valence-corrected chi connectivity index (χ2v) is 5.56. The summed E-state index contributed by atoms with van der Waals surface area (Å²) in [6, 6.07) is 8.03. The molecule has 0 radical (unpaired) electrons. The Morgan fingerprint density at radius 2 is 1.95 bits per heavy atom. The van der Waals surface area contributed by atoms with E-state index in [9.17, 15) is 5.11 Å². The summed E-state index contributed by atoms with van der Waals surface area (Å²) in [4.78, 5) is 18.2. The Morgan fingerprint density at radius 3 is 2.43 bits per heavy atom. The summed E-state index contributed by atoms with van der Waals surface area (Å²) >= 11 is 5.94. The number of halogens is 1. The van der Waals surface area contributed by atoms with Crippen LogP contribution >= 0.6 is 11.6 Å². The first kappa shape index (κ1) is 17.4. The molecule has 0 spiro atoms. The third kappa shape index (κ3) is 6.12. The highest BCUT2D eigenvalue weighted by atomic mass is 35.5. The second kappa shape index (κ2) is 7.40. The summed E-state index contributed by atoms with van der Waals surface area (Å²) in [6.07, 6.45) is 1.55. The Labute approximate surface area is 127 Å². The molecule has 2 rings (SSSR count). The molecule has 4 N–H and O–H groups in total. The molecule has 7 heteroatoms. The van der Waals surface area contributed by atoms with Gasteiger partial charge in [-0.2, -0.15) is 0 Å². The van der Waals surface area contributed by atoms with Gasteiger partial charge in [-0.1, -0.05) is 23.7 Å². The lowest BCUT2D eigenvalue weighted by molar-refractivity contribution is -0.159. The molecule has 0 unspecified atom stereocenters. The van der Waals surface area contributed by atoms with Crippen molar-refractivity contribution in [1.82, 2.24) is 5.32 Å². The van der Waals surface area contributed by atoms with Crippen LogP contribution in [0.2, 0.25) is 5.02 Å². The Bertz CT molecular complexity index is 506. The van der Waals surface area contributed by atoms with Gasteiger partial charge in [0, 0.05) is 11.1 Å². The van der Waals surface area contributed by atoms with Gasteiger partial charge in [0.15, 0.2) is 0 Å². The smallest absolute Gasteiger partial charge is 0.414 e. The van der Waals surface area contributed by atoms with Crippen LogP contribution in [0.25, 0.3) is 0 Å². The van der Waals surface area contributed by atoms with Gasteiger partial charge in [0.25, 0.3) is 0 Å². The molecule has 21 heavy (non-hydrogen) atoms.